The number of epoxide rings is 1. The molecule has 54 valence electrons. The minimum absolute atomic E-state index is 0.387. The molecule has 0 spiro atoms. The molecular formula is C7H13ClO. The van der Waals surface area contributed by atoms with Crippen molar-refractivity contribution >= 4 is 11.6 Å². The summed E-state index contributed by atoms with van der Waals surface area (Å²) in [5.41, 5.74) is 0. The van der Waals surface area contributed by atoms with Crippen molar-refractivity contribution in [2.45, 2.75) is 38.4 Å². The second-order valence-electron chi connectivity index (χ2n) is 2.51. The highest BCUT2D eigenvalue weighted by molar-refractivity contribution is 6.18. The van der Waals surface area contributed by atoms with Crippen LogP contribution in [-0.4, -0.2) is 18.1 Å². The third-order valence-corrected chi connectivity index (χ3v) is 1.99. The summed E-state index contributed by atoms with van der Waals surface area (Å²) < 4.78 is 5.24. The number of unbranched alkanes of at least 4 members (excludes halogenated alkanes) is 1. The van der Waals surface area contributed by atoms with Crippen LogP contribution in [0.2, 0.25) is 0 Å². The molecule has 0 aromatic rings. The summed E-state index contributed by atoms with van der Waals surface area (Å²) in [6, 6.07) is 0. The van der Waals surface area contributed by atoms with Gasteiger partial charge in [-0.05, 0) is 6.42 Å². The minimum Gasteiger partial charge on any atom is -0.368 e. The summed E-state index contributed by atoms with van der Waals surface area (Å²) in [5, 5.41) is 0. The smallest absolute Gasteiger partial charge is 0.0976 e. The van der Waals surface area contributed by atoms with Crippen LogP contribution in [0.3, 0.4) is 0 Å². The maximum Gasteiger partial charge on any atom is 0.0976 e. The van der Waals surface area contributed by atoms with Crippen LogP contribution in [0, 0.1) is 0 Å². The van der Waals surface area contributed by atoms with Gasteiger partial charge in [0.15, 0.2) is 0 Å². The van der Waals surface area contributed by atoms with Gasteiger partial charge in [-0.2, -0.15) is 0 Å². The molecule has 0 aromatic heterocycles. The maximum atomic E-state index is 5.55. The molecule has 1 aliphatic rings. The van der Waals surface area contributed by atoms with Crippen LogP contribution >= 0.6 is 11.6 Å². The summed E-state index contributed by atoms with van der Waals surface area (Å²) in [6.45, 7) is 2.19. The Kier molecular flexibility index (Phi) is 2.80. The Bertz CT molecular complexity index is 85.0. The first-order valence-electron chi connectivity index (χ1n) is 3.60. The highest BCUT2D eigenvalue weighted by Gasteiger charge is 2.36. The Morgan fingerprint density at radius 2 is 2.22 bits per heavy atom. The molecule has 1 fully saturated rings. The van der Waals surface area contributed by atoms with Gasteiger partial charge < -0.3 is 4.74 Å². The molecule has 0 radical (unpaired) electrons. The van der Waals surface area contributed by atoms with Gasteiger partial charge in [0.1, 0.15) is 0 Å². The summed E-state index contributed by atoms with van der Waals surface area (Å²) in [6.07, 6.45) is 4.63. The van der Waals surface area contributed by atoms with E-state index in [0.717, 1.165) is 0 Å². The molecule has 1 heterocycles. The molecule has 0 amide bonds. The highest BCUT2D eigenvalue weighted by atomic mass is 35.5. The van der Waals surface area contributed by atoms with E-state index >= 15 is 0 Å². The molecule has 1 nitrogen and oxygen atoms in total. The lowest BCUT2D eigenvalue weighted by Gasteiger charge is -1.88. The van der Waals surface area contributed by atoms with Gasteiger partial charge in [-0.3, -0.25) is 0 Å². The van der Waals surface area contributed by atoms with E-state index in [1.165, 1.54) is 19.3 Å². The molecule has 0 unspecified atom stereocenters. The molecule has 9 heavy (non-hydrogen) atoms. The van der Waals surface area contributed by atoms with Crippen molar-refractivity contribution in [3.05, 3.63) is 0 Å². The molecule has 0 N–H and O–H groups in total. The molecule has 0 saturated carbocycles. The lowest BCUT2D eigenvalue weighted by molar-refractivity contribution is 0.367. The van der Waals surface area contributed by atoms with Crippen molar-refractivity contribution < 1.29 is 4.74 Å². The van der Waals surface area contributed by atoms with E-state index in [-0.39, 0.29) is 0 Å². The fraction of sp³-hybridized carbons (Fsp3) is 1.00. The fourth-order valence-corrected chi connectivity index (χ4v) is 1.25. The Balaban J connectivity index is 1.92. The number of ether oxygens (including phenoxy) is 1. The third-order valence-electron chi connectivity index (χ3n) is 1.68. The Morgan fingerprint density at radius 1 is 1.44 bits per heavy atom. The average molecular weight is 149 g/mol. The number of hydrogen-bond donors (Lipinski definition) is 0. The van der Waals surface area contributed by atoms with E-state index in [4.69, 9.17) is 16.3 Å². The number of alkyl halides is 1. The number of rotatable bonds is 4. The molecule has 2 heteroatoms. The van der Waals surface area contributed by atoms with Gasteiger partial charge in [0.05, 0.1) is 18.1 Å². The van der Waals surface area contributed by atoms with E-state index < -0.39 is 0 Å². The van der Waals surface area contributed by atoms with Gasteiger partial charge in [-0.15, -0.1) is 11.6 Å². The molecule has 0 aromatic carbocycles. The standard InChI is InChI=1S/C7H13ClO/c1-2-3-4-6-7(5-8)9-6/h6-7H,2-5H2,1H3/t6-,7+/m1/s1. The molecule has 1 rings (SSSR count). The second kappa shape index (κ2) is 3.43. The summed E-state index contributed by atoms with van der Waals surface area (Å²) >= 11 is 5.55. The van der Waals surface area contributed by atoms with Crippen LogP contribution < -0.4 is 0 Å². The summed E-state index contributed by atoms with van der Waals surface area (Å²) in [7, 11) is 0. The Morgan fingerprint density at radius 3 is 2.67 bits per heavy atom. The molecule has 1 saturated heterocycles. The summed E-state index contributed by atoms with van der Waals surface area (Å²) in [4.78, 5) is 0. The van der Waals surface area contributed by atoms with E-state index in [1.54, 1.807) is 0 Å². The predicted molar refractivity (Wildman–Crippen MR) is 38.9 cm³/mol. The topological polar surface area (TPSA) is 12.5 Å². The van der Waals surface area contributed by atoms with Gasteiger partial charge in [0.2, 0.25) is 0 Å². The van der Waals surface area contributed by atoms with Crippen molar-refractivity contribution in [2.75, 3.05) is 5.88 Å². The minimum atomic E-state index is 0.387. The molecule has 1 aliphatic heterocycles. The lowest BCUT2D eigenvalue weighted by atomic mass is 10.2. The SMILES string of the molecule is CCCC[C@H]1O[C@H]1CCl. The number of hydrogen-bond acceptors (Lipinski definition) is 1. The molecule has 0 aliphatic carbocycles. The Labute approximate surface area is 61.3 Å². The van der Waals surface area contributed by atoms with Crippen molar-refractivity contribution in [3.63, 3.8) is 0 Å². The van der Waals surface area contributed by atoms with Crippen molar-refractivity contribution in [3.8, 4) is 0 Å². The van der Waals surface area contributed by atoms with Gasteiger partial charge >= 0.3 is 0 Å². The van der Waals surface area contributed by atoms with Gasteiger partial charge in [0, 0.05) is 0 Å². The van der Waals surface area contributed by atoms with E-state index in [0.29, 0.717) is 18.1 Å². The third kappa shape index (κ3) is 2.15. The van der Waals surface area contributed by atoms with Crippen LogP contribution in [0.25, 0.3) is 0 Å². The van der Waals surface area contributed by atoms with E-state index in [9.17, 15) is 0 Å². The normalized spacial score (nSPS) is 32.7. The highest BCUT2D eigenvalue weighted by Crippen LogP contribution is 2.27. The van der Waals surface area contributed by atoms with Crippen LogP contribution in [0.15, 0.2) is 0 Å². The quantitative estimate of drug-likeness (QED) is 0.440. The first-order valence-corrected chi connectivity index (χ1v) is 4.13. The average Bonchev–Trinajstić information content (AvgIpc) is 2.62. The van der Waals surface area contributed by atoms with Crippen LogP contribution in [0.1, 0.15) is 26.2 Å². The van der Waals surface area contributed by atoms with Crippen LogP contribution in [0.4, 0.5) is 0 Å². The zero-order valence-electron chi connectivity index (χ0n) is 5.77. The van der Waals surface area contributed by atoms with E-state index in [2.05, 4.69) is 6.92 Å². The van der Waals surface area contributed by atoms with Crippen LogP contribution in [0.5, 0.6) is 0 Å². The largest absolute Gasteiger partial charge is 0.368 e. The molecular weight excluding hydrogens is 136 g/mol. The van der Waals surface area contributed by atoms with Gasteiger partial charge in [0.25, 0.3) is 0 Å². The van der Waals surface area contributed by atoms with Crippen molar-refractivity contribution in [2.24, 2.45) is 0 Å². The zero-order chi connectivity index (χ0) is 6.69. The van der Waals surface area contributed by atoms with Crippen molar-refractivity contribution in [1.29, 1.82) is 0 Å². The molecule has 0 bridgehead atoms. The fourth-order valence-electron chi connectivity index (χ4n) is 0.974. The zero-order valence-corrected chi connectivity index (χ0v) is 6.53. The van der Waals surface area contributed by atoms with Gasteiger partial charge in [-0.25, -0.2) is 0 Å². The number of halogens is 1. The van der Waals surface area contributed by atoms with Crippen molar-refractivity contribution in [1.82, 2.24) is 0 Å². The first kappa shape index (κ1) is 7.36. The monoisotopic (exact) mass is 148 g/mol. The van der Waals surface area contributed by atoms with Gasteiger partial charge in [-0.1, -0.05) is 19.8 Å². The Hall–Kier alpha value is 0.250. The first-order chi connectivity index (χ1) is 4.38. The maximum absolute atomic E-state index is 5.55. The van der Waals surface area contributed by atoms with E-state index in [1.807, 2.05) is 0 Å². The lowest BCUT2D eigenvalue weighted by Crippen LogP contribution is -1.93. The molecule has 2 atom stereocenters. The second-order valence-corrected chi connectivity index (χ2v) is 2.82. The predicted octanol–water partition coefficient (Wildman–Crippen LogP) is 2.18. The summed E-state index contributed by atoms with van der Waals surface area (Å²) in [5.74, 6) is 0.675. The van der Waals surface area contributed by atoms with Crippen LogP contribution in [-0.2, 0) is 4.74 Å².